The summed E-state index contributed by atoms with van der Waals surface area (Å²) in [6, 6.07) is 15.2. The van der Waals surface area contributed by atoms with E-state index in [-0.39, 0.29) is 11.8 Å². The predicted octanol–water partition coefficient (Wildman–Crippen LogP) is 2.74. The summed E-state index contributed by atoms with van der Waals surface area (Å²) >= 11 is 3.41. The van der Waals surface area contributed by atoms with E-state index in [0.717, 1.165) is 49.3 Å². The maximum Gasteiger partial charge on any atom is 0.254 e. The molecule has 4 rings (SSSR count). The van der Waals surface area contributed by atoms with E-state index in [0.29, 0.717) is 17.4 Å². The molecule has 0 aromatic heterocycles. The van der Waals surface area contributed by atoms with Gasteiger partial charge in [-0.2, -0.15) is 0 Å². The molecule has 0 unspecified atom stereocenters. The van der Waals surface area contributed by atoms with Gasteiger partial charge in [0.05, 0.1) is 11.6 Å². The standard InChI is InChI=1S/C22H24BrN3O3/c1-29-20-13-17(7-8-19(20)23)22(28)26-14-18(15-26)24-9-11-25(12-10-24)21(27)16-5-3-2-4-6-16/h2-8,13,18H,9-12,14-15H2,1H3. The highest BCUT2D eigenvalue weighted by Gasteiger charge is 2.37. The second-order valence-electron chi connectivity index (χ2n) is 7.41. The van der Waals surface area contributed by atoms with Gasteiger partial charge in [-0.1, -0.05) is 18.2 Å². The third-order valence-electron chi connectivity index (χ3n) is 5.69. The Labute approximate surface area is 179 Å². The van der Waals surface area contributed by atoms with Crippen LogP contribution in [0.5, 0.6) is 5.75 Å². The molecule has 0 spiro atoms. The van der Waals surface area contributed by atoms with Gasteiger partial charge in [0.1, 0.15) is 5.75 Å². The van der Waals surface area contributed by atoms with Crippen molar-refractivity contribution in [1.29, 1.82) is 0 Å². The maximum atomic E-state index is 12.7. The van der Waals surface area contributed by atoms with E-state index >= 15 is 0 Å². The van der Waals surface area contributed by atoms with Crippen LogP contribution in [0.4, 0.5) is 0 Å². The van der Waals surface area contributed by atoms with Crippen LogP contribution in [0.1, 0.15) is 20.7 Å². The second kappa shape index (κ2) is 8.55. The summed E-state index contributed by atoms with van der Waals surface area (Å²) in [6.07, 6.45) is 0. The minimum atomic E-state index is 0.0324. The molecule has 2 heterocycles. The number of nitrogens with zero attached hydrogens (tertiary/aromatic N) is 3. The van der Waals surface area contributed by atoms with Crippen LogP contribution in [-0.4, -0.2) is 78.9 Å². The van der Waals surface area contributed by atoms with Crippen LogP contribution in [-0.2, 0) is 0 Å². The number of hydrogen-bond donors (Lipinski definition) is 0. The van der Waals surface area contributed by atoms with E-state index in [1.165, 1.54) is 0 Å². The van der Waals surface area contributed by atoms with Gasteiger partial charge in [-0.25, -0.2) is 0 Å². The van der Waals surface area contributed by atoms with Gasteiger partial charge in [0.2, 0.25) is 0 Å². The molecule has 152 valence electrons. The minimum absolute atomic E-state index is 0.0324. The Balaban J connectivity index is 1.28. The van der Waals surface area contributed by atoms with Crippen LogP contribution in [0.2, 0.25) is 0 Å². The van der Waals surface area contributed by atoms with Crippen molar-refractivity contribution in [3.05, 3.63) is 64.1 Å². The lowest BCUT2D eigenvalue weighted by Crippen LogP contribution is -2.64. The SMILES string of the molecule is COc1cc(C(=O)N2CC(N3CCN(C(=O)c4ccccc4)CC3)C2)ccc1Br. The smallest absolute Gasteiger partial charge is 0.254 e. The number of benzene rings is 2. The maximum absolute atomic E-state index is 12.7. The van der Waals surface area contributed by atoms with E-state index in [1.54, 1.807) is 13.2 Å². The first-order valence-corrected chi connectivity index (χ1v) is 10.6. The first-order valence-electron chi connectivity index (χ1n) is 9.78. The topological polar surface area (TPSA) is 53.1 Å². The molecule has 29 heavy (non-hydrogen) atoms. The number of carbonyl (C=O) groups excluding carboxylic acids is 2. The molecule has 2 aromatic rings. The molecule has 2 saturated heterocycles. The lowest BCUT2D eigenvalue weighted by Gasteiger charge is -2.48. The molecule has 2 aliphatic heterocycles. The summed E-state index contributed by atoms with van der Waals surface area (Å²) < 4.78 is 6.12. The molecule has 0 radical (unpaired) electrons. The normalized spacial score (nSPS) is 17.7. The molecule has 0 N–H and O–H groups in total. The Morgan fingerprint density at radius 3 is 2.21 bits per heavy atom. The van der Waals surface area contributed by atoms with Crippen LogP contribution >= 0.6 is 15.9 Å². The first-order chi connectivity index (χ1) is 14.1. The molecule has 2 fully saturated rings. The quantitative estimate of drug-likeness (QED) is 0.708. The number of methoxy groups -OCH3 is 1. The molecule has 0 atom stereocenters. The number of halogens is 1. The number of rotatable bonds is 4. The largest absolute Gasteiger partial charge is 0.496 e. The molecule has 0 bridgehead atoms. The van der Waals surface area contributed by atoms with Gasteiger partial charge in [-0.3, -0.25) is 14.5 Å². The van der Waals surface area contributed by atoms with Crippen LogP contribution in [0.25, 0.3) is 0 Å². The van der Waals surface area contributed by atoms with E-state index in [4.69, 9.17) is 4.74 Å². The van der Waals surface area contributed by atoms with Crippen molar-refractivity contribution in [1.82, 2.24) is 14.7 Å². The Kier molecular flexibility index (Phi) is 5.87. The van der Waals surface area contributed by atoms with E-state index < -0.39 is 0 Å². The Morgan fingerprint density at radius 1 is 0.897 bits per heavy atom. The van der Waals surface area contributed by atoms with Gasteiger partial charge in [-0.15, -0.1) is 0 Å². The Bertz CT molecular complexity index is 891. The van der Waals surface area contributed by atoms with Crippen molar-refractivity contribution < 1.29 is 14.3 Å². The zero-order valence-electron chi connectivity index (χ0n) is 16.4. The number of carbonyl (C=O) groups is 2. The fourth-order valence-electron chi connectivity index (χ4n) is 3.88. The van der Waals surface area contributed by atoms with Gasteiger partial charge in [0.15, 0.2) is 0 Å². The highest BCUT2D eigenvalue weighted by atomic mass is 79.9. The zero-order chi connectivity index (χ0) is 20.4. The lowest BCUT2D eigenvalue weighted by molar-refractivity contribution is 0.00852. The van der Waals surface area contributed by atoms with Gasteiger partial charge in [0, 0.05) is 56.4 Å². The van der Waals surface area contributed by atoms with Crippen molar-refractivity contribution in [3.63, 3.8) is 0 Å². The van der Waals surface area contributed by atoms with Gasteiger partial charge >= 0.3 is 0 Å². The van der Waals surface area contributed by atoms with Crippen LogP contribution in [0, 0.1) is 0 Å². The highest BCUT2D eigenvalue weighted by molar-refractivity contribution is 9.10. The Hall–Kier alpha value is -2.38. The van der Waals surface area contributed by atoms with Crippen LogP contribution < -0.4 is 4.74 Å². The number of likely N-dealkylation sites (tertiary alicyclic amines) is 1. The van der Waals surface area contributed by atoms with Crippen LogP contribution in [0.15, 0.2) is 53.0 Å². The summed E-state index contributed by atoms with van der Waals surface area (Å²) in [5.41, 5.74) is 1.38. The van der Waals surface area contributed by atoms with Gasteiger partial charge < -0.3 is 14.5 Å². The lowest BCUT2D eigenvalue weighted by atomic mass is 10.0. The van der Waals surface area contributed by atoms with Gasteiger partial charge in [-0.05, 0) is 46.3 Å². The van der Waals surface area contributed by atoms with Crippen molar-refractivity contribution in [2.24, 2.45) is 0 Å². The van der Waals surface area contributed by atoms with Gasteiger partial charge in [0.25, 0.3) is 11.8 Å². The molecule has 0 saturated carbocycles. The summed E-state index contributed by atoms with van der Waals surface area (Å²) in [5.74, 6) is 0.789. The van der Waals surface area contributed by atoms with E-state index in [1.807, 2.05) is 52.3 Å². The molecule has 6 nitrogen and oxygen atoms in total. The molecule has 2 aliphatic rings. The first kappa shape index (κ1) is 19.9. The summed E-state index contributed by atoms with van der Waals surface area (Å²) in [7, 11) is 1.59. The van der Waals surface area contributed by atoms with E-state index in [9.17, 15) is 9.59 Å². The fourth-order valence-corrected chi connectivity index (χ4v) is 4.29. The zero-order valence-corrected chi connectivity index (χ0v) is 18.0. The molecule has 2 amide bonds. The summed E-state index contributed by atoms with van der Waals surface area (Å²) in [6.45, 7) is 4.59. The van der Waals surface area contributed by atoms with E-state index in [2.05, 4.69) is 20.8 Å². The van der Waals surface area contributed by atoms with Crippen molar-refractivity contribution in [2.45, 2.75) is 6.04 Å². The fraction of sp³-hybridized carbons (Fsp3) is 0.364. The molecular formula is C22H24BrN3O3. The molecular weight excluding hydrogens is 434 g/mol. The average molecular weight is 458 g/mol. The summed E-state index contributed by atoms with van der Waals surface area (Å²) in [4.78, 5) is 31.5. The van der Waals surface area contributed by atoms with Crippen LogP contribution in [0.3, 0.4) is 0 Å². The number of amides is 2. The number of hydrogen-bond acceptors (Lipinski definition) is 4. The van der Waals surface area contributed by atoms with Crippen molar-refractivity contribution >= 4 is 27.7 Å². The second-order valence-corrected chi connectivity index (χ2v) is 8.26. The third-order valence-corrected chi connectivity index (χ3v) is 6.34. The average Bonchev–Trinajstić information content (AvgIpc) is 2.73. The van der Waals surface area contributed by atoms with Crippen molar-refractivity contribution in [3.8, 4) is 5.75 Å². The predicted molar refractivity (Wildman–Crippen MR) is 114 cm³/mol. The highest BCUT2D eigenvalue weighted by Crippen LogP contribution is 2.27. The molecule has 0 aliphatic carbocycles. The minimum Gasteiger partial charge on any atom is -0.496 e. The Morgan fingerprint density at radius 2 is 1.55 bits per heavy atom. The monoisotopic (exact) mass is 457 g/mol. The third kappa shape index (κ3) is 4.16. The summed E-state index contributed by atoms with van der Waals surface area (Å²) in [5, 5.41) is 0. The number of ether oxygens (including phenoxy) is 1. The van der Waals surface area contributed by atoms with Crippen molar-refractivity contribution in [2.75, 3.05) is 46.4 Å². The molecule has 7 heteroatoms. The number of piperazine rings is 1. The molecule has 2 aromatic carbocycles.